The Kier molecular flexibility index (Phi) is 28.2. The molecule has 7 aliphatic rings. The maximum Gasteiger partial charge on any atom is 0.407 e. The number of hydrogen-bond donors (Lipinski definition) is 24. The van der Waals surface area contributed by atoms with E-state index in [1.807, 2.05) is 36.4 Å². The Hall–Kier alpha value is -5.61. The molecule has 6 saturated heterocycles. The van der Waals surface area contributed by atoms with Gasteiger partial charge in [-0.1, -0.05) is 48.5 Å². The van der Waals surface area contributed by atoms with Gasteiger partial charge in [-0.05, 0) is 43.0 Å². The van der Waals surface area contributed by atoms with Crippen molar-refractivity contribution in [2.24, 2.45) is 0 Å². The number of ether oxygens (including phenoxy) is 12. The van der Waals surface area contributed by atoms with E-state index in [2.05, 4.69) is 21.3 Å². The lowest BCUT2D eigenvalue weighted by atomic mass is 9.95. The molecule has 41 heteroatoms. The van der Waals surface area contributed by atoms with Crippen molar-refractivity contribution < 1.29 is 183 Å². The van der Waals surface area contributed by atoms with Crippen LogP contribution in [0.4, 0.5) is 4.79 Å². The van der Waals surface area contributed by atoms with Gasteiger partial charge in [-0.15, -0.1) is 0 Å². The number of esters is 1. The first-order valence-corrected chi connectivity index (χ1v) is 33.2. The maximum absolute atomic E-state index is 14.7. The molecule has 0 bridgehead atoms. The molecule has 4 amide bonds. The van der Waals surface area contributed by atoms with Gasteiger partial charge in [0.25, 0.3) is 0 Å². The van der Waals surface area contributed by atoms with E-state index in [1.165, 1.54) is 20.8 Å². The quantitative estimate of drug-likeness (QED) is 0.0389. The topological polar surface area (TPSA) is 649 Å². The van der Waals surface area contributed by atoms with E-state index in [1.54, 1.807) is 12.1 Å². The number of alkyl carbamates (subject to hydrolysis) is 1. The molecule has 41 nitrogen and oxygen atoms in total. The Balaban J connectivity index is 0.872. The molecule has 6 aliphatic heterocycles. The average molecular weight is 1500 g/mol. The van der Waals surface area contributed by atoms with Gasteiger partial charge in [-0.25, -0.2) is 9.59 Å². The predicted molar refractivity (Wildman–Crippen MR) is 333 cm³/mol. The van der Waals surface area contributed by atoms with Gasteiger partial charge in [0.1, 0.15) is 171 Å². The predicted octanol–water partition coefficient (Wildman–Crippen LogP) is -12.4. The third kappa shape index (κ3) is 18.4. The fourth-order valence-electron chi connectivity index (χ4n) is 13.0. The number of fused-ring (bicyclic) bond motifs is 3. The number of benzene rings is 2. The minimum absolute atomic E-state index is 0.351. The van der Waals surface area contributed by atoms with Gasteiger partial charge in [-0.3, -0.25) is 14.4 Å². The SMILES string of the molecule is CC(C)(C)OC(=O)[C@H](CC(=O)N[C@@H]1O[C@H](CO)[C@@H](O[C@H]2O[C@H](CO)[C@@H](O[C@H]3O[C@H](CO)[C@@H](O)[C@H](O)[C@H]3O)[C@H](O)[C@H]2O)[C@H](O)[C@H]1O)NC(=O)[C@H](CC(=O)N[C@@H]1O[C@H](CO)[C@@H](O[C@H]2O[C@H](CO)[C@@H](O[C@H]3O[C@H](CO)[C@@H](O)[C@H](O)[C@H]3O)[C@H](O)[C@H]2O)[C@H](O)[C@H]1O)NC(=O)OCC1c2ccccc2-c2ccccc21. The van der Waals surface area contributed by atoms with Crippen molar-refractivity contribution in [3.63, 3.8) is 0 Å². The van der Waals surface area contributed by atoms with E-state index in [0.717, 1.165) is 22.3 Å². The number of rotatable bonds is 26. The highest BCUT2D eigenvalue weighted by atomic mass is 16.8. The molecular formula is C63H92N4O37. The zero-order valence-electron chi connectivity index (χ0n) is 55.9. The summed E-state index contributed by atoms with van der Waals surface area (Å²) >= 11 is 0. The van der Waals surface area contributed by atoms with E-state index in [0.29, 0.717) is 0 Å². The van der Waals surface area contributed by atoms with E-state index in [-0.39, 0.29) is 6.61 Å². The van der Waals surface area contributed by atoms with Crippen LogP contribution in [0.2, 0.25) is 0 Å². The summed E-state index contributed by atoms with van der Waals surface area (Å²) in [6, 6.07) is 10.3. The van der Waals surface area contributed by atoms with Crippen LogP contribution < -0.4 is 21.3 Å². The number of amides is 4. The average Bonchev–Trinajstić information content (AvgIpc) is 1.47. The molecule has 9 rings (SSSR count). The Morgan fingerprint density at radius 3 is 1.10 bits per heavy atom. The van der Waals surface area contributed by atoms with Crippen LogP contribution >= 0.6 is 0 Å². The van der Waals surface area contributed by atoms with Crippen molar-refractivity contribution in [2.45, 2.75) is 241 Å². The molecule has 6 heterocycles. The summed E-state index contributed by atoms with van der Waals surface area (Å²) in [5.41, 5.74) is 1.87. The minimum atomic E-state index is -2.25. The molecule has 0 aromatic heterocycles. The molecule has 24 N–H and O–H groups in total. The zero-order chi connectivity index (χ0) is 76.1. The van der Waals surface area contributed by atoms with Crippen LogP contribution in [0.5, 0.6) is 0 Å². The number of carbonyl (C=O) groups is 5. The molecule has 32 atom stereocenters. The second-order valence-corrected chi connectivity index (χ2v) is 26.9. The molecule has 0 unspecified atom stereocenters. The molecule has 586 valence electrons. The summed E-state index contributed by atoms with van der Waals surface area (Å²) in [5, 5.41) is 222. The summed E-state index contributed by atoms with van der Waals surface area (Å²) in [7, 11) is 0. The van der Waals surface area contributed by atoms with Gasteiger partial charge in [0, 0.05) is 5.92 Å². The summed E-state index contributed by atoms with van der Waals surface area (Å²) in [4.78, 5) is 70.9. The minimum Gasteiger partial charge on any atom is -0.458 e. The molecule has 1 aliphatic carbocycles. The van der Waals surface area contributed by atoms with Crippen LogP contribution in [0, 0.1) is 0 Å². The van der Waals surface area contributed by atoms with Crippen LogP contribution in [0.1, 0.15) is 50.7 Å². The van der Waals surface area contributed by atoms with Crippen LogP contribution in [-0.2, 0) is 76.0 Å². The Morgan fingerprint density at radius 1 is 0.404 bits per heavy atom. The van der Waals surface area contributed by atoms with Gasteiger partial charge in [0.2, 0.25) is 17.7 Å². The zero-order valence-corrected chi connectivity index (χ0v) is 55.9. The van der Waals surface area contributed by atoms with Crippen LogP contribution in [0.3, 0.4) is 0 Å². The fraction of sp³-hybridized carbons (Fsp3) is 0.730. The summed E-state index contributed by atoms with van der Waals surface area (Å²) < 4.78 is 67.1. The van der Waals surface area contributed by atoms with Crippen LogP contribution in [0.25, 0.3) is 11.1 Å². The number of aliphatic hydroxyl groups excluding tert-OH is 20. The van der Waals surface area contributed by atoms with Crippen LogP contribution in [-0.4, -0.2) is 380 Å². The fourth-order valence-corrected chi connectivity index (χ4v) is 13.0. The maximum atomic E-state index is 14.7. The van der Waals surface area contributed by atoms with Crippen LogP contribution in [0.15, 0.2) is 48.5 Å². The molecule has 0 saturated carbocycles. The molecule has 6 fully saturated rings. The summed E-state index contributed by atoms with van der Waals surface area (Å²) in [5.74, 6) is -5.82. The van der Waals surface area contributed by atoms with Crippen molar-refractivity contribution in [2.75, 3.05) is 46.2 Å². The number of nitrogens with one attached hydrogen (secondary N) is 4. The van der Waals surface area contributed by atoms with E-state index in [9.17, 15) is 126 Å². The lowest BCUT2D eigenvalue weighted by molar-refractivity contribution is -0.373. The Bertz CT molecular complexity index is 3120. The lowest BCUT2D eigenvalue weighted by Gasteiger charge is -2.48. The number of carbonyl (C=O) groups excluding carboxylic acids is 5. The lowest BCUT2D eigenvalue weighted by Crippen LogP contribution is -2.67. The van der Waals surface area contributed by atoms with E-state index < -0.39 is 290 Å². The summed E-state index contributed by atoms with van der Waals surface area (Å²) in [6.45, 7) is -2.03. The van der Waals surface area contributed by atoms with E-state index in [4.69, 9.17) is 56.8 Å². The first-order valence-electron chi connectivity index (χ1n) is 33.2. The molecule has 0 radical (unpaired) electrons. The molecule has 2 aromatic rings. The molecule has 104 heavy (non-hydrogen) atoms. The highest BCUT2D eigenvalue weighted by molar-refractivity contribution is 5.95. The van der Waals surface area contributed by atoms with Gasteiger partial charge >= 0.3 is 12.1 Å². The third-order valence-electron chi connectivity index (χ3n) is 18.6. The highest BCUT2D eigenvalue weighted by Gasteiger charge is 2.57. The Labute approximate surface area is 590 Å². The second-order valence-electron chi connectivity index (χ2n) is 26.9. The van der Waals surface area contributed by atoms with Crippen molar-refractivity contribution in [1.29, 1.82) is 0 Å². The first-order chi connectivity index (χ1) is 49.3. The highest BCUT2D eigenvalue weighted by Crippen LogP contribution is 2.45. The first kappa shape index (κ1) is 82.4. The summed E-state index contributed by atoms with van der Waals surface area (Å²) in [6.07, 6.45) is -61.7. The smallest absolute Gasteiger partial charge is 0.407 e. The van der Waals surface area contributed by atoms with E-state index >= 15 is 0 Å². The van der Waals surface area contributed by atoms with Crippen molar-refractivity contribution in [3.8, 4) is 11.1 Å². The number of aliphatic hydroxyl groups is 20. The standard InChI is InChI=1S/C63H92N4O37/c1-63(2,3)104-57(91)27(13-35(75)67-56-45(85)41(81)51(31(17-71)95-56)101-61-49(89)43(83)53(33(19-73)99-61)103-59-47(87)39(79)37(77)29(15-69)97-59)64-54(90)26(65-62(92)93-20-25-23-10-6-4-8-21(23)22-9-5-7-11-24(22)25)12-34(74)66-55-44(84)40(80)50(30(16-70)94-55)100-60-48(88)42(82)52(32(18-72)98-60)102-58-46(86)38(78)36(76)28(14-68)96-58/h4-11,25-33,36-53,55-56,58-61,68-73,76-89H,12-20H2,1-3H3,(H,64,90)(H,65,92)(H,66,74)(H,67,75)/t26-,27-,28+,29+,30+,31+,32+,33+,36+,37+,38-,39-,40+,41+,42+,43+,44+,45+,46+,47+,48+,49+,50+,51+,52+,53+,55+,56+,58+,59+,60+,61+/m0/s1. The largest absolute Gasteiger partial charge is 0.458 e. The van der Waals surface area contributed by atoms with Gasteiger partial charge in [0.15, 0.2) is 37.6 Å². The Morgan fingerprint density at radius 2 is 0.731 bits per heavy atom. The van der Waals surface area contributed by atoms with Crippen molar-refractivity contribution >= 4 is 29.8 Å². The molecule has 0 spiro atoms. The second kappa shape index (κ2) is 35.6. The number of hydrogen-bond acceptors (Lipinski definition) is 37. The van der Waals surface area contributed by atoms with Gasteiger partial charge < -0.3 is 180 Å². The molecule has 2 aromatic carbocycles. The monoisotopic (exact) mass is 1500 g/mol. The van der Waals surface area contributed by atoms with Gasteiger partial charge in [-0.2, -0.15) is 0 Å². The molecular weight excluding hydrogens is 1400 g/mol. The third-order valence-corrected chi connectivity index (χ3v) is 18.6. The van der Waals surface area contributed by atoms with Crippen molar-refractivity contribution in [3.05, 3.63) is 59.7 Å². The normalized spacial score (nSPS) is 39.5. The van der Waals surface area contributed by atoms with Gasteiger partial charge in [0.05, 0.1) is 52.5 Å². The van der Waals surface area contributed by atoms with Crippen molar-refractivity contribution in [1.82, 2.24) is 21.3 Å².